The summed E-state index contributed by atoms with van der Waals surface area (Å²) in [6, 6.07) is 0.503. The Hall–Kier alpha value is -0.610. The number of hydrogen-bond donors (Lipinski definition) is 1. The molecule has 2 N–H and O–H groups in total. The van der Waals surface area contributed by atoms with Gasteiger partial charge in [0.15, 0.2) is 0 Å². The number of carbonyl (C=O) groups excluding carboxylic acids is 1. The van der Waals surface area contributed by atoms with E-state index in [4.69, 9.17) is 5.73 Å². The first-order valence-corrected chi connectivity index (χ1v) is 8.89. The summed E-state index contributed by atoms with van der Waals surface area (Å²) in [5.74, 6) is 0.860. The highest BCUT2D eigenvalue weighted by Crippen LogP contribution is 2.27. The lowest BCUT2D eigenvalue weighted by Crippen LogP contribution is -2.49. The van der Waals surface area contributed by atoms with Crippen LogP contribution in [0.4, 0.5) is 0 Å². The Bertz CT molecular complexity index is 290. The predicted octanol–water partition coefficient (Wildman–Crippen LogP) is 2.47. The van der Waals surface area contributed by atoms with Crippen LogP contribution < -0.4 is 5.73 Å². The number of likely N-dealkylation sites (N-methyl/N-ethyl adjacent to an activating group) is 1. The van der Waals surface area contributed by atoms with Gasteiger partial charge >= 0.3 is 0 Å². The first kappa shape index (κ1) is 18.4. The molecule has 0 spiro atoms. The molecule has 4 heteroatoms. The van der Waals surface area contributed by atoms with E-state index in [2.05, 4.69) is 25.7 Å². The first-order chi connectivity index (χ1) is 10.2. The first-order valence-electron chi connectivity index (χ1n) is 8.89. The summed E-state index contributed by atoms with van der Waals surface area (Å²) >= 11 is 0. The highest BCUT2D eigenvalue weighted by atomic mass is 16.2. The molecule has 0 radical (unpaired) electrons. The second-order valence-corrected chi connectivity index (χ2v) is 6.29. The van der Waals surface area contributed by atoms with E-state index in [0.29, 0.717) is 24.4 Å². The van der Waals surface area contributed by atoms with Crippen molar-refractivity contribution in [2.75, 3.05) is 32.7 Å². The van der Waals surface area contributed by atoms with E-state index >= 15 is 0 Å². The smallest absolute Gasteiger partial charge is 0.236 e. The molecule has 21 heavy (non-hydrogen) atoms. The van der Waals surface area contributed by atoms with E-state index in [1.165, 1.54) is 25.7 Å². The van der Waals surface area contributed by atoms with Crippen LogP contribution in [0.1, 0.15) is 59.3 Å². The van der Waals surface area contributed by atoms with Gasteiger partial charge in [-0.1, -0.05) is 33.6 Å². The summed E-state index contributed by atoms with van der Waals surface area (Å²) in [6.45, 7) is 10.5. The van der Waals surface area contributed by atoms with Crippen molar-refractivity contribution >= 4 is 5.91 Å². The third-order valence-electron chi connectivity index (χ3n) is 4.73. The van der Waals surface area contributed by atoms with Crippen LogP contribution in [0.2, 0.25) is 0 Å². The minimum Gasteiger partial charge on any atom is -0.342 e. The van der Waals surface area contributed by atoms with Crippen LogP contribution in [0, 0.1) is 5.92 Å². The lowest BCUT2D eigenvalue weighted by Gasteiger charge is -2.39. The summed E-state index contributed by atoms with van der Waals surface area (Å²) in [4.78, 5) is 17.0. The second kappa shape index (κ2) is 10.2. The Kier molecular flexibility index (Phi) is 8.93. The SMILES string of the molecule is CCCN(CCC)C(=O)CN(CC)C1CCCCC1CN. The Labute approximate surface area is 131 Å². The van der Waals surface area contributed by atoms with Gasteiger partial charge < -0.3 is 10.6 Å². The van der Waals surface area contributed by atoms with E-state index in [0.717, 1.165) is 39.0 Å². The molecule has 1 aliphatic rings. The van der Waals surface area contributed by atoms with Crippen molar-refractivity contribution in [3.63, 3.8) is 0 Å². The van der Waals surface area contributed by atoms with E-state index in [9.17, 15) is 4.79 Å². The summed E-state index contributed by atoms with van der Waals surface area (Å²) in [5.41, 5.74) is 5.95. The molecule has 1 saturated carbocycles. The van der Waals surface area contributed by atoms with Gasteiger partial charge in [-0.25, -0.2) is 0 Å². The molecule has 1 rings (SSSR count). The third kappa shape index (κ3) is 5.59. The zero-order valence-corrected chi connectivity index (χ0v) is 14.3. The van der Waals surface area contributed by atoms with Gasteiger partial charge in [0.2, 0.25) is 5.91 Å². The molecule has 0 bridgehead atoms. The third-order valence-corrected chi connectivity index (χ3v) is 4.73. The molecule has 0 aromatic carbocycles. The fourth-order valence-electron chi connectivity index (χ4n) is 3.58. The number of nitrogens with zero attached hydrogens (tertiary/aromatic N) is 2. The summed E-state index contributed by atoms with van der Waals surface area (Å²) < 4.78 is 0. The van der Waals surface area contributed by atoms with Gasteiger partial charge in [-0.05, 0) is 44.7 Å². The number of rotatable bonds is 9. The van der Waals surface area contributed by atoms with Gasteiger partial charge in [-0.15, -0.1) is 0 Å². The van der Waals surface area contributed by atoms with E-state index in [1.807, 2.05) is 4.90 Å². The van der Waals surface area contributed by atoms with Crippen LogP contribution in [-0.4, -0.2) is 54.5 Å². The van der Waals surface area contributed by atoms with Crippen molar-refractivity contribution in [1.29, 1.82) is 0 Å². The van der Waals surface area contributed by atoms with E-state index in [1.54, 1.807) is 0 Å². The van der Waals surface area contributed by atoms with Crippen molar-refractivity contribution in [3.8, 4) is 0 Å². The Morgan fingerprint density at radius 3 is 2.24 bits per heavy atom. The maximum Gasteiger partial charge on any atom is 0.236 e. The lowest BCUT2D eigenvalue weighted by molar-refractivity contribution is -0.133. The highest BCUT2D eigenvalue weighted by Gasteiger charge is 2.30. The van der Waals surface area contributed by atoms with Crippen molar-refractivity contribution < 1.29 is 4.79 Å². The average molecular weight is 297 g/mol. The van der Waals surface area contributed by atoms with Crippen LogP contribution in [0.3, 0.4) is 0 Å². The summed E-state index contributed by atoms with van der Waals surface area (Å²) in [7, 11) is 0. The van der Waals surface area contributed by atoms with E-state index in [-0.39, 0.29) is 0 Å². The Balaban J connectivity index is 2.64. The minimum absolute atomic E-state index is 0.293. The van der Waals surface area contributed by atoms with Crippen molar-refractivity contribution in [3.05, 3.63) is 0 Å². The molecular weight excluding hydrogens is 262 g/mol. The molecule has 2 atom stereocenters. The lowest BCUT2D eigenvalue weighted by atomic mass is 9.83. The van der Waals surface area contributed by atoms with Crippen LogP contribution in [0.25, 0.3) is 0 Å². The molecule has 1 aliphatic carbocycles. The van der Waals surface area contributed by atoms with Gasteiger partial charge in [0, 0.05) is 19.1 Å². The van der Waals surface area contributed by atoms with Gasteiger partial charge in [0.05, 0.1) is 6.54 Å². The molecule has 0 heterocycles. The topological polar surface area (TPSA) is 49.6 Å². The van der Waals surface area contributed by atoms with Crippen molar-refractivity contribution in [2.24, 2.45) is 11.7 Å². The monoisotopic (exact) mass is 297 g/mol. The van der Waals surface area contributed by atoms with Gasteiger partial charge in [0.25, 0.3) is 0 Å². The van der Waals surface area contributed by atoms with E-state index < -0.39 is 0 Å². The zero-order chi connectivity index (χ0) is 15.7. The summed E-state index contributed by atoms with van der Waals surface area (Å²) in [6.07, 6.45) is 7.06. The molecule has 0 aromatic rings. The van der Waals surface area contributed by atoms with Crippen LogP contribution in [0.15, 0.2) is 0 Å². The fraction of sp³-hybridized carbons (Fsp3) is 0.941. The average Bonchev–Trinajstić information content (AvgIpc) is 2.52. The molecule has 0 saturated heterocycles. The number of nitrogens with two attached hydrogens (primary N) is 1. The van der Waals surface area contributed by atoms with Crippen LogP contribution in [0.5, 0.6) is 0 Å². The molecule has 4 nitrogen and oxygen atoms in total. The maximum atomic E-state index is 12.6. The molecule has 0 aliphatic heterocycles. The Morgan fingerprint density at radius 2 is 1.71 bits per heavy atom. The largest absolute Gasteiger partial charge is 0.342 e. The van der Waals surface area contributed by atoms with Gasteiger partial charge in [-0.2, -0.15) is 0 Å². The molecule has 0 aromatic heterocycles. The molecule has 2 unspecified atom stereocenters. The quantitative estimate of drug-likeness (QED) is 0.711. The summed E-state index contributed by atoms with van der Waals surface area (Å²) in [5, 5.41) is 0. The minimum atomic E-state index is 0.293. The number of carbonyl (C=O) groups is 1. The molecule has 1 amide bonds. The predicted molar refractivity (Wildman–Crippen MR) is 89.2 cm³/mol. The van der Waals surface area contributed by atoms with Crippen LogP contribution >= 0.6 is 0 Å². The van der Waals surface area contributed by atoms with Gasteiger partial charge in [-0.3, -0.25) is 9.69 Å². The second-order valence-electron chi connectivity index (χ2n) is 6.29. The van der Waals surface area contributed by atoms with Crippen molar-refractivity contribution in [1.82, 2.24) is 9.80 Å². The molecular formula is C17H35N3O. The Morgan fingerprint density at radius 1 is 1.10 bits per heavy atom. The molecule has 1 fully saturated rings. The highest BCUT2D eigenvalue weighted by molar-refractivity contribution is 5.78. The molecule has 124 valence electrons. The fourth-order valence-corrected chi connectivity index (χ4v) is 3.58. The van der Waals surface area contributed by atoms with Gasteiger partial charge in [0.1, 0.15) is 0 Å². The zero-order valence-electron chi connectivity index (χ0n) is 14.3. The standard InChI is InChI=1S/C17H35N3O/c1-4-11-20(12-5-2)17(21)14-19(6-3)16-10-8-7-9-15(16)13-18/h15-16H,4-14,18H2,1-3H3. The van der Waals surface area contributed by atoms with Crippen molar-refractivity contribution in [2.45, 2.75) is 65.3 Å². The number of hydrogen-bond acceptors (Lipinski definition) is 3. The normalized spacial score (nSPS) is 22.5. The van der Waals surface area contributed by atoms with Crippen LogP contribution in [-0.2, 0) is 4.79 Å². The maximum absolute atomic E-state index is 12.6. The number of amides is 1.